The van der Waals surface area contributed by atoms with Crippen molar-refractivity contribution in [2.75, 3.05) is 6.54 Å². The molecule has 1 aliphatic rings. The van der Waals surface area contributed by atoms with Crippen LogP contribution in [0.5, 0.6) is 0 Å². The molecule has 7 heteroatoms. The van der Waals surface area contributed by atoms with Crippen LogP contribution in [0.1, 0.15) is 103 Å². The maximum absolute atomic E-state index is 14.3. The number of nitrogens with one attached hydrogen (secondary N) is 2. The molecule has 1 aromatic rings. The van der Waals surface area contributed by atoms with E-state index in [-0.39, 0.29) is 23.8 Å². The predicted octanol–water partition coefficient (Wildman–Crippen LogP) is 5.58. The second-order valence-electron chi connectivity index (χ2n) is 11.2. The summed E-state index contributed by atoms with van der Waals surface area (Å²) in [6.45, 7) is 16.0. The minimum Gasteiger partial charge on any atom is -0.444 e. The van der Waals surface area contributed by atoms with Crippen LogP contribution in [0.3, 0.4) is 0 Å². The predicted molar refractivity (Wildman–Crippen MR) is 144 cm³/mol. The van der Waals surface area contributed by atoms with Crippen LogP contribution in [-0.2, 0) is 14.3 Å². The summed E-state index contributed by atoms with van der Waals surface area (Å²) in [6.07, 6.45) is 4.61. The van der Waals surface area contributed by atoms with Crippen LogP contribution >= 0.6 is 0 Å². The van der Waals surface area contributed by atoms with Crippen LogP contribution in [0.2, 0.25) is 0 Å². The molecule has 0 heterocycles. The Morgan fingerprint density at radius 2 is 1.81 bits per heavy atom. The average molecular weight is 502 g/mol. The summed E-state index contributed by atoms with van der Waals surface area (Å²) in [6, 6.07) is 4.41. The number of rotatable bonds is 11. The summed E-state index contributed by atoms with van der Waals surface area (Å²) in [5.74, 6) is -0.526. The number of benzene rings is 1. The summed E-state index contributed by atoms with van der Waals surface area (Å²) in [5, 5.41) is 5.92. The molecule has 0 bridgehead atoms. The van der Waals surface area contributed by atoms with Crippen molar-refractivity contribution in [2.24, 2.45) is 5.92 Å². The van der Waals surface area contributed by atoms with E-state index in [1.807, 2.05) is 39.8 Å². The Morgan fingerprint density at radius 3 is 2.31 bits per heavy atom. The van der Waals surface area contributed by atoms with Gasteiger partial charge in [0, 0.05) is 12.6 Å². The highest BCUT2D eigenvalue weighted by molar-refractivity contribution is 5.92. The first-order valence-electron chi connectivity index (χ1n) is 13.6. The number of nitrogens with zero attached hydrogens (tertiary/aromatic N) is 1. The van der Waals surface area contributed by atoms with Gasteiger partial charge >= 0.3 is 6.09 Å². The highest BCUT2D eigenvalue weighted by Gasteiger charge is 2.43. The molecule has 1 saturated carbocycles. The molecule has 202 valence electrons. The van der Waals surface area contributed by atoms with E-state index in [2.05, 4.69) is 23.6 Å². The van der Waals surface area contributed by atoms with E-state index in [1.165, 1.54) is 0 Å². The first kappa shape index (κ1) is 29.7. The van der Waals surface area contributed by atoms with Gasteiger partial charge in [0.2, 0.25) is 11.8 Å². The molecule has 36 heavy (non-hydrogen) atoms. The molecule has 0 saturated heterocycles. The van der Waals surface area contributed by atoms with Crippen molar-refractivity contribution in [3.8, 4) is 0 Å². The van der Waals surface area contributed by atoms with Gasteiger partial charge in [0.1, 0.15) is 17.7 Å². The molecular formula is C29H47N3O4. The normalized spacial score (nSPS) is 16.3. The largest absolute Gasteiger partial charge is 0.444 e. The highest BCUT2D eigenvalue weighted by atomic mass is 16.6. The van der Waals surface area contributed by atoms with Gasteiger partial charge in [0.05, 0.1) is 0 Å². The molecule has 7 nitrogen and oxygen atoms in total. The summed E-state index contributed by atoms with van der Waals surface area (Å²) < 4.78 is 5.48. The SMILES string of the molecule is CCCCNC(=O)C(c1ccc(C)cc1C)N(C(=O)C(NC(=O)OC(C)(C)C)C(C)CC)C1CCC1. The van der Waals surface area contributed by atoms with E-state index in [0.717, 1.165) is 48.8 Å². The third-order valence-electron chi connectivity index (χ3n) is 6.95. The zero-order valence-corrected chi connectivity index (χ0v) is 23.6. The Hall–Kier alpha value is -2.57. The van der Waals surface area contributed by atoms with Gasteiger partial charge in [-0.25, -0.2) is 4.79 Å². The van der Waals surface area contributed by atoms with Gasteiger partial charge in [-0.3, -0.25) is 9.59 Å². The molecule has 3 atom stereocenters. The Labute approximate surface area is 217 Å². The highest BCUT2D eigenvalue weighted by Crippen LogP contribution is 2.35. The van der Waals surface area contributed by atoms with Gasteiger partial charge in [-0.15, -0.1) is 0 Å². The zero-order valence-electron chi connectivity index (χ0n) is 23.6. The average Bonchev–Trinajstić information content (AvgIpc) is 2.75. The first-order valence-corrected chi connectivity index (χ1v) is 13.6. The van der Waals surface area contributed by atoms with Crippen LogP contribution in [0.4, 0.5) is 4.79 Å². The lowest BCUT2D eigenvalue weighted by Crippen LogP contribution is -2.59. The topological polar surface area (TPSA) is 87.7 Å². The van der Waals surface area contributed by atoms with Gasteiger partial charge in [-0.05, 0) is 77.3 Å². The third-order valence-corrected chi connectivity index (χ3v) is 6.95. The number of carbonyl (C=O) groups excluding carboxylic acids is 3. The summed E-state index contributed by atoms with van der Waals surface area (Å²) >= 11 is 0. The van der Waals surface area contributed by atoms with Gasteiger partial charge in [-0.2, -0.15) is 0 Å². The molecule has 0 aromatic heterocycles. The number of amides is 3. The van der Waals surface area contributed by atoms with E-state index >= 15 is 0 Å². The number of hydrogen-bond donors (Lipinski definition) is 2. The van der Waals surface area contributed by atoms with E-state index < -0.39 is 23.8 Å². The molecule has 0 aliphatic heterocycles. The minimum absolute atomic E-state index is 0.0490. The van der Waals surface area contributed by atoms with Crippen molar-refractivity contribution in [1.29, 1.82) is 0 Å². The Morgan fingerprint density at radius 1 is 1.14 bits per heavy atom. The second kappa shape index (κ2) is 13.1. The smallest absolute Gasteiger partial charge is 0.408 e. The summed E-state index contributed by atoms with van der Waals surface area (Å²) in [5.41, 5.74) is 2.23. The molecule has 2 rings (SSSR count). The zero-order chi connectivity index (χ0) is 27.0. The number of hydrogen-bond acceptors (Lipinski definition) is 4. The monoisotopic (exact) mass is 501 g/mol. The molecule has 3 amide bonds. The minimum atomic E-state index is -0.790. The lowest BCUT2D eigenvalue weighted by molar-refractivity contribution is -0.148. The maximum atomic E-state index is 14.3. The lowest BCUT2D eigenvalue weighted by atomic mass is 9.86. The molecule has 0 radical (unpaired) electrons. The van der Waals surface area contributed by atoms with E-state index in [4.69, 9.17) is 4.74 Å². The third kappa shape index (κ3) is 7.97. The quantitative estimate of drug-likeness (QED) is 0.387. The van der Waals surface area contributed by atoms with E-state index in [9.17, 15) is 14.4 Å². The van der Waals surface area contributed by atoms with Crippen molar-refractivity contribution in [3.05, 3.63) is 34.9 Å². The van der Waals surface area contributed by atoms with Gasteiger partial charge in [-0.1, -0.05) is 57.4 Å². The fourth-order valence-electron chi connectivity index (χ4n) is 4.50. The van der Waals surface area contributed by atoms with E-state index in [0.29, 0.717) is 13.0 Å². The standard InChI is InChI=1S/C29H47N3O4/c1-9-11-17-30-26(33)25(23-16-15-19(3)18-21(23)5)32(22-13-12-14-22)27(34)24(20(4)10-2)31-28(35)36-29(6,7)8/h15-16,18,20,22,24-25H,9-14,17H2,1-8H3,(H,30,33)(H,31,35). The van der Waals surface area contributed by atoms with Crippen LogP contribution in [0, 0.1) is 19.8 Å². The van der Waals surface area contributed by atoms with E-state index in [1.54, 1.807) is 25.7 Å². The van der Waals surface area contributed by atoms with Crippen molar-refractivity contribution in [3.63, 3.8) is 0 Å². The summed E-state index contributed by atoms with van der Waals surface area (Å²) in [4.78, 5) is 42.5. The fraction of sp³-hybridized carbons (Fsp3) is 0.690. The van der Waals surface area contributed by atoms with Crippen molar-refractivity contribution in [2.45, 2.75) is 118 Å². The van der Waals surface area contributed by atoms with Crippen LogP contribution < -0.4 is 10.6 Å². The van der Waals surface area contributed by atoms with Crippen LogP contribution in [0.25, 0.3) is 0 Å². The van der Waals surface area contributed by atoms with Gasteiger partial charge in [0.15, 0.2) is 0 Å². The number of ether oxygens (including phenoxy) is 1. The molecule has 1 aliphatic carbocycles. The molecule has 3 unspecified atom stereocenters. The Balaban J connectivity index is 2.51. The van der Waals surface area contributed by atoms with Crippen molar-refractivity contribution < 1.29 is 19.1 Å². The van der Waals surface area contributed by atoms with Crippen molar-refractivity contribution >= 4 is 17.9 Å². The molecule has 2 N–H and O–H groups in total. The maximum Gasteiger partial charge on any atom is 0.408 e. The Bertz CT molecular complexity index is 904. The van der Waals surface area contributed by atoms with Crippen LogP contribution in [0.15, 0.2) is 18.2 Å². The van der Waals surface area contributed by atoms with Crippen molar-refractivity contribution in [1.82, 2.24) is 15.5 Å². The number of unbranched alkanes of at least 4 members (excludes halogenated alkanes) is 1. The van der Waals surface area contributed by atoms with Gasteiger partial charge in [0.25, 0.3) is 0 Å². The fourth-order valence-corrected chi connectivity index (χ4v) is 4.50. The first-order chi connectivity index (χ1) is 16.9. The molecule has 1 fully saturated rings. The number of alkyl carbamates (subject to hydrolysis) is 1. The number of carbonyl (C=O) groups is 3. The number of aryl methyl sites for hydroxylation is 2. The summed E-state index contributed by atoms with van der Waals surface area (Å²) in [7, 11) is 0. The Kier molecular flexibility index (Phi) is 10.8. The molecule has 1 aromatic carbocycles. The second-order valence-corrected chi connectivity index (χ2v) is 11.2. The molecule has 0 spiro atoms. The lowest BCUT2D eigenvalue weighted by Gasteiger charge is -2.44. The van der Waals surface area contributed by atoms with Crippen LogP contribution in [-0.4, -0.2) is 47.0 Å². The van der Waals surface area contributed by atoms with Gasteiger partial charge < -0.3 is 20.3 Å². The molecular weight excluding hydrogens is 454 g/mol.